The van der Waals surface area contributed by atoms with Crippen LogP contribution >= 0.6 is 11.6 Å². The summed E-state index contributed by atoms with van der Waals surface area (Å²) in [6.07, 6.45) is 2.87. The minimum Gasteiger partial charge on any atom is -0.361 e. The van der Waals surface area contributed by atoms with Gasteiger partial charge in [-0.05, 0) is 48.7 Å². The van der Waals surface area contributed by atoms with Crippen LogP contribution in [-0.4, -0.2) is 11.5 Å². The first-order valence-electron chi connectivity index (χ1n) is 7.88. The highest BCUT2D eigenvalue weighted by Gasteiger charge is 2.10. The van der Waals surface area contributed by atoms with E-state index in [0.717, 1.165) is 17.7 Å². The minimum atomic E-state index is -0.0350. The first kappa shape index (κ1) is 18.0. The maximum absolute atomic E-state index is 11.4. The average molecular weight is 341 g/mol. The molecule has 0 radical (unpaired) electrons. The van der Waals surface area contributed by atoms with Gasteiger partial charge in [-0.1, -0.05) is 42.8 Å². The summed E-state index contributed by atoms with van der Waals surface area (Å²) in [5.74, 6) is -0.0350. The van der Waals surface area contributed by atoms with Crippen molar-refractivity contribution in [2.24, 2.45) is 0 Å². The topological polar surface area (TPSA) is 53.0 Å². The van der Waals surface area contributed by atoms with Gasteiger partial charge in [-0.3, -0.25) is 4.79 Å². The first-order valence-corrected chi connectivity index (χ1v) is 8.26. The molecule has 2 aromatic rings. The molecule has 24 heavy (non-hydrogen) atoms. The second-order valence-corrected chi connectivity index (χ2v) is 6.05. The normalized spacial score (nSPS) is 11.2. The maximum atomic E-state index is 11.4. The Balaban J connectivity index is 2.27. The molecule has 0 heterocycles. The van der Waals surface area contributed by atoms with Crippen LogP contribution in [0, 0.1) is 5.41 Å². The fourth-order valence-corrected chi connectivity index (χ4v) is 2.44. The van der Waals surface area contributed by atoms with Crippen LogP contribution in [0.5, 0.6) is 0 Å². The summed E-state index contributed by atoms with van der Waals surface area (Å²) in [5.41, 5.74) is 4.02. The monoisotopic (exact) mass is 340 g/mol. The Morgan fingerprint density at radius 2 is 1.75 bits per heavy atom. The van der Waals surface area contributed by atoms with Crippen LogP contribution in [0.15, 0.2) is 54.7 Å². The van der Waals surface area contributed by atoms with Crippen molar-refractivity contribution in [2.45, 2.75) is 26.7 Å². The summed E-state index contributed by atoms with van der Waals surface area (Å²) in [7, 11) is 0. The molecule has 2 rings (SSSR count). The van der Waals surface area contributed by atoms with Crippen molar-refractivity contribution in [3.05, 3.63) is 70.9 Å². The molecule has 0 bridgehead atoms. The third-order valence-corrected chi connectivity index (χ3v) is 3.90. The Kier molecular flexibility index (Phi) is 6.33. The number of allylic oxidation sites excluding steroid dienone is 1. The Morgan fingerprint density at radius 1 is 1.12 bits per heavy atom. The standard InChI is InChI=1S/C20H21ClN2O/c1-3-15-4-10-18(11-5-15)23-13-19(20(22)12-14(2)24)16-6-8-17(21)9-7-16/h4-11,13,22-23H,3,12H2,1-2H3/b19-13-,22-20?. The van der Waals surface area contributed by atoms with Crippen molar-refractivity contribution in [3.8, 4) is 0 Å². The molecule has 0 amide bonds. The molecule has 124 valence electrons. The van der Waals surface area contributed by atoms with E-state index < -0.39 is 0 Å². The number of ketones is 1. The van der Waals surface area contributed by atoms with Crippen LogP contribution in [0.25, 0.3) is 5.57 Å². The zero-order chi connectivity index (χ0) is 17.5. The number of hydrogen-bond acceptors (Lipinski definition) is 3. The quantitative estimate of drug-likeness (QED) is 0.667. The van der Waals surface area contributed by atoms with Crippen molar-refractivity contribution in [2.75, 3.05) is 5.32 Å². The van der Waals surface area contributed by atoms with Crippen LogP contribution in [0.4, 0.5) is 5.69 Å². The number of anilines is 1. The fourth-order valence-electron chi connectivity index (χ4n) is 2.31. The van der Waals surface area contributed by atoms with Crippen molar-refractivity contribution >= 4 is 34.4 Å². The van der Waals surface area contributed by atoms with Crippen LogP contribution in [0.3, 0.4) is 0 Å². The van der Waals surface area contributed by atoms with Crippen LogP contribution in [0.2, 0.25) is 5.02 Å². The lowest BCUT2D eigenvalue weighted by atomic mass is 9.99. The summed E-state index contributed by atoms with van der Waals surface area (Å²) in [6, 6.07) is 15.4. The van der Waals surface area contributed by atoms with Gasteiger partial charge < -0.3 is 10.7 Å². The largest absolute Gasteiger partial charge is 0.361 e. The number of nitrogens with one attached hydrogen (secondary N) is 2. The maximum Gasteiger partial charge on any atom is 0.135 e. The number of carbonyl (C=O) groups is 1. The Morgan fingerprint density at radius 3 is 2.29 bits per heavy atom. The van der Waals surface area contributed by atoms with Crippen molar-refractivity contribution in [1.82, 2.24) is 0 Å². The Bertz CT molecular complexity index is 746. The molecule has 2 aromatic carbocycles. The van der Waals surface area contributed by atoms with E-state index in [1.807, 2.05) is 24.3 Å². The molecule has 0 saturated carbocycles. The van der Waals surface area contributed by atoms with E-state index in [-0.39, 0.29) is 17.9 Å². The van der Waals surface area contributed by atoms with Gasteiger partial charge in [0.1, 0.15) is 5.78 Å². The number of benzene rings is 2. The van der Waals surface area contributed by atoms with Gasteiger partial charge in [0, 0.05) is 34.6 Å². The van der Waals surface area contributed by atoms with Crippen LogP contribution in [0.1, 0.15) is 31.4 Å². The predicted molar refractivity (Wildman–Crippen MR) is 102 cm³/mol. The van der Waals surface area contributed by atoms with E-state index >= 15 is 0 Å². The number of aryl methyl sites for hydroxylation is 1. The molecule has 0 fully saturated rings. The van der Waals surface area contributed by atoms with E-state index in [2.05, 4.69) is 24.4 Å². The summed E-state index contributed by atoms with van der Waals surface area (Å²) < 4.78 is 0. The highest BCUT2D eigenvalue weighted by Crippen LogP contribution is 2.21. The summed E-state index contributed by atoms with van der Waals surface area (Å²) in [6.45, 7) is 3.61. The van der Waals surface area contributed by atoms with Gasteiger partial charge in [0.25, 0.3) is 0 Å². The van der Waals surface area contributed by atoms with E-state index in [0.29, 0.717) is 10.6 Å². The minimum absolute atomic E-state index is 0.0350. The second kappa shape index (κ2) is 8.46. The molecular weight excluding hydrogens is 320 g/mol. The molecule has 2 N–H and O–H groups in total. The highest BCUT2D eigenvalue weighted by atomic mass is 35.5. The summed E-state index contributed by atoms with van der Waals surface area (Å²) >= 11 is 5.94. The molecule has 0 aliphatic rings. The molecule has 3 nitrogen and oxygen atoms in total. The second-order valence-electron chi connectivity index (χ2n) is 5.62. The van der Waals surface area contributed by atoms with Gasteiger partial charge in [0.2, 0.25) is 0 Å². The molecule has 0 aromatic heterocycles. The van der Waals surface area contributed by atoms with Crippen molar-refractivity contribution < 1.29 is 4.79 Å². The lowest BCUT2D eigenvalue weighted by Gasteiger charge is -2.11. The van der Waals surface area contributed by atoms with Gasteiger partial charge in [-0.15, -0.1) is 0 Å². The molecule has 0 saturated heterocycles. The third-order valence-electron chi connectivity index (χ3n) is 3.65. The molecule has 0 atom stereocenters. The number of rotatable bonds is 7. The number of hydrogen-bond donors (Lipinski definition) is 2. The van der Waals surface area contributed by atoms with E-state index in [9.17, 15) is 4.79 Å². The van der Waals surface area contributed by atoms with E-state index in [4.69, 9.17) is 17.0 Å². The van der Waals surface area contributed by atoms with Gasteiger partial charge in [-0.2, -0.15) is 0 Å². The molecule has 0 spiro atoms. The smallest absolute Gasteiger partial charge is 0.135 e. The molecular formula is C20H21ClN2O. The lowest BCUT2D eigenvalue weighted by molar-refractivity contribution is -0.115. The Labute approximate surface area is 147 Å². The lowest BCUT2D eigenvalue weighted by Crippen LogP contribution is -2.07. The van der Waals surface area contributed by atoms with Crippen LogP contribution < -0.4 is 5.32 Å². The molecule has 4 heteroatoms. The van der Waals surface area contributed by atoms with Crippen molar-refractivity contribution in [3.63, 3.8) is 0 Å². The Hall–Kier alpha value is -2.39. The van der Waals surface area contributed by atoms with Gasteiger partial charge in [-0.25, -0.2) is 0 Å². The van der Waals surface area contributed by atoms with Gasteiger partial charge >= 0.3 is 0 Å². The van der Waals surface area contributed by atoms with Crippen LogP contribution in [-0.2, 0) is 11.2 Å². The van der Waals surface area contributed by atoms with E-state index in [1.54, 1.807) is 18.3 Å². The first-order chi connectivity index (χ1) is 11.5. The van der Waals surface area contributed by atoms with Gasteiger partial charge in [0.15, 0.2) is 0 Å². The predicted octanol–water partition coefficient (Wildman–Crippen LogP) is 5.35. The summed E-state index contributed by atoms with van der Waals surface area (Å²) in [4.78, 5) is 11.4. The zero-order valence-electron chi connectivity index (χ0n) is 13.9. The average Bonchev–Trinajstić information content (AvgIpc) is 2.56. The summed E-state index contributed by atoms with van der Waals surface area (Å²) in [5, 5.41) is 12.1. The SMILES string of the molecule is CCc1ccc(N/C=C(\C(=N)CC(C)=O)c2ccc(Cl)cc2)cc1. The van der Waals surface area contributed by atoms with E-state index in [1.165, 1.54) is 12.5 Å². The van der Waals surface area contributed by atoms with Crippen molar-refractivity contribution in [1.29, 1.82) is 5.41 Å². The highest BCUT2D eigenvalue weighted by molar-refractivity contribution is 6.31. The fraction of sp³-hybridized carbons (Fsp3) is 0.200. The molecule has 0 unspecified atom stereocenters. The molecule has 0 aliphatic carbocycles. The number of Topliss-reactive ketones (excluding diaryl/α,β-unsaturated/α-hetero) is 1. The zero-order valence-corrected chi connectivity index (χ0v) is 14.7. The third kappa shape index (κ3) is 5.07. The number of halogens is 1. The number of carbonyl (C=O) groups excluding carboxylic acids is 1. The molecule has 0 aliphatic heterocycles. The van der Waals surface area contributed by atoms with Gasteiger partial charge in [0.05, 0.1) is 0 Å².